The Kier molecular flexibility index (Phi) is 4.60. The van der Waals surface area contributed by atoms with Crippen molar-refractivity contribution >= 4 is 57.5 Å². The largest absolute Gasteiger partial charge is 0.235 e. The molecule has 0 fully saturated rings. The van der Waals surface area contributed by atoms with E-state index in [9.17, 15) is 5.26 Å². The molecule has 22 heavy (non-hydrogen) atoms. The number of thiazole rings is 1. The summed E-state index contributed by atoms with van der Waals surface area (Å²) in [6.45, 7) is 0. The summed E-state index contributed by atoms with van der Waals surface area (Å²) in [6.07, 6.45) is 1.84. The van der Waals surface area contributed by atoms with Crippen molar-refractivity contribution < 1.29 is 0 Å². The van der Waals surface area contributed by atoms with Crippen LogP contribution >= 0.6 is 45.9 Å². The molecule has 0 aliphatic carbocycles. The van der Waals surface area contributed by atoms with Crippen molar-refractivity contribution in [3.63, 3.8) is 0 Å². The van der Waals surface area contributed by atoms with E-state index < -0.39 is 0 Å². The summed E-state index contributed by atoms with van der Waals surface area (Å²) < 4.78 is 0. The van der Waals surface area contributed by atoms with Gasteiger partial charge in [-0.1, -0.05) is 29.3 Å². The molecule has 2 aromatic heterocycles. The van der Waals surface area contributed by atoms with Crippen LogP contribution in [0.15, 0.2) is 41.1 Å². The molecule has 0 N–H and O–H groups in total. The van der Waals surface area contributed by atoms with Gasteiger partial charge in [0, 0.05) is 20.8 Å². The first kappa shape index (κ1) is 15.3. The Morgan fingerprint density at radius 1 is 1.23 bits per heavy atom. The molecular formula is C16H8Cl2N2S2. The van der Waals surface area contributed by atoms with E-state index in [1.54, 1.807) is 23.5 Å². The zero-order valence-corrected chi connectivity index (χ0v) is 14.2. The molecule has 2 nitrogen and oxygen atoms in total. The van der Waals surface area contributed by atoms with Gasteiger partial charge in [0.05, 0.1) is 16.3 Å². The monoisotopic (exact) mass is 362 g/mol. The summed E-state index contributed by atoms with van der Waals surface area (Å²) in [7, 11) is 0. The second kappa shape index (κ2) is 6.64. The van der Waals surface area contributed by atoms with E-state index in [0.29, 0.717) is 20.6 Å². The summed E-state index contributed by atoms with van der Waals surface area (Å²) in [6, 6.07) is 11.4. The predicted molar refractivity (Wildman–Crippen MR) is 95.4 cm³/mol. The van der Waals surface area contributed by atoms with Crippen LogP contribution in [0.1, 0.15) is 9.88 Å². The van der Waals surface area contributed by atoms with E-state index in [0.717, 1.165) is 16.1 Å². The smallest absolute Gasteiger partial charge is 0.134 e. The van der Waals surface area contributed by atoms with Gasteiger partial charge in [0.1, 0.15) is 11.1 Å². The minimum atomic E-state index is 0.545. The third-order valence-corrected chi connectivity index (χ3v) is 5.13. The van der Waals surface area contributed by atoms with Crippen LogP contribution < -0.4 is 0 Å². The Hall–Kier alpha value is -1.64. The lowest BCUT2D eigenvalue weighted by molar-refractivity contribution is 1.37. The molecule has 0 aliphatic rings. The zero-order valence-electron chi connectivity index (χ0n) is 11.1. The van der Waals surface area contributed by atoms with Crippen LogP contribution in [-0.4, -0.2) is 4.98 Å². The predicted octanol–water partition coefficient (Wildman–Crippen LogP) is 6.24. The molecule has 0 radical (unpaired) electrons. The van der Waals surface area contributed by atoms with Gasteiger partial charge in [-0.15, -0.1) is 22.7 Å². The molecular weight excluding hydrogens is 355 g/mol. The van der Waals surface area contributed by atoms with E-state index in [2.05, 4.69) is 11.1 Å². The molecule has 3 aromatic rings. The van der Waals surface area contributed by atoms with Gasteiger partial charge in [0.2, 0.25) is 0 Å². The first-order valence-electron chi connectivity index (χ1n) is 6.24. The number of nitriles is 1. The first-order valence-corrected chi connectivity index (χ1v) is 8.75. The van der Waals surface area contributed by atoms with Gasteiger partial charge in [0.15, 0.2) is 0 Å². The summed E-state index contributed by atoms with van der Waals surface area (Å²) in [5.74, 6) is 0. The molecule has 6 heteroatoms. The number of halogens is 2. The molecule has 0 spiro atoms. The third-order valence-electron chi connectivity index (χ3n) is 2.89. The lowest BCUT2D eigenvalue weighted by Gasteiger charge is -2.00. The van der Waals surface area contributed by atoms with E-state index in [4.69, 9.17) is 23.2 Å². The molecule has 3 rings (SSSR count). The molecule has 1 aromatic carbocycles. The van der Waals surface area contributed by atoms with Crippen LogP contribution in [0.2, 0.25) is 10.0 Å². The van der Waals surface area contributed by atoms with Crippen molar-refractivity contribution in [2.45, 2.75) is 0 Å². The molecule has 0 saturated carbocycles. The molecule has 0 amide bonds. The number of aromatic nitrogens is 1. The van der Waals surface area contributed by atoms with Gasteiger partial charge in [-0.05, 0) is 35.7 Å². The second-order valence-electron chi connectivity index (χ2n) is 4.35. The Labute approximate surface area is 145 Å². The minimum Gasteiger partial charge on any atom is -0.235 e. The molecule has 0 saturated heterocycles. The molecule has 0 atom stereocenters. The van der Waals surface area contributed by atoms with Crippen LogP contribution in [-0.2, 0) is 0 Å². The van der Waals surface area contributed by atoms with Gasteiger partial charge in [-0.25, -0.2) is 4.98 Å². The van der Waals surface area contributed by atoms with Gasteiger partial charge >= 0.3 is 0 Å². The number of hydrogen-bond acceptors (Lipinski definition) is 4. The fraction of sp³-hybridized carbons (Fsp3) is 0. The van der Waals surface area contributed by atoms with Crippen molar-refractivity contribution in [3.05, 3.63) is 61.0 Å². The number of rotatable bonds is 3. The fourth-order valence-electron chi connectivity index (χ4n) is 1.88. The van der Waals surface area contributed by atoms with Crippen molar-refractivity contribution in [1.82, 2.24) is 4.98 Å². The zero-order chi connectivity index (χ0) is 15.5. The normalized spacial score (nSPS) is 11.4. The summed E-state index contributed by atoms with van der Waals surface area (Å²) in [4.78, 5) is 5.55. The van der Waals surface area contributed by atoms with Crippen molar-refractivity contribution in [3.8, 4) is 17.3 Å². The molecule has 0 aliphatic heterocycles. The summed E-state index contributed by atoms with van der Waals surface area (Å²) in [5, 5.41) is 15.0. The maximum atomic E-state index is 9.36. The van der Waals surface area contributed by atoms with E-state index in [-0.39, 0.29) is 0 Å². The van der Waals surface area contributed by atoms with Gasteiger partial charge in [-0.3, -0.25) is 0 Å². The number of benzene rings is 1. The van der Waals surface area contributed by atoms with Gasteiger partial charge < -0.3 is 0 Å². The van der Waals surface area contributed by atoms with Crippen LogP contribution in [0.4, 0.5) is 0 Å². The number of nitrogens with zero attached hydrogens (tertiary/aromatic N) is 2. The minimum absolute atomic E-state index is 0.545. The third kappa shape index (κ3) is 3.23. The molecule has 2 heterocycles. The maximum Gasteiger partial charge on any atom is 0.134 e. The molecule has 0 unspecified atom stereocenters. The Balaban J connectivity index is 1.98. The van der Waals surface area contributed by atoms with Crippen molar-refractivity contribution in [2.24, 2.45) is 0 Å². The second-order valence-corrected chi connectivity index (χ2v) is 7.03. The van der Waals surface area contributed by atoms with Crippen LogP contribution in [0, 0.1) is 11.3 Å². The van der Waals surface area contributed by atoms with Crippen LogP contribution in [0.5, 0.6) is 0 Å². The Morgan fingerprint density at radius 2 is 2.09 bits per heavy atom. The van der Waals surface area contributed by atoms with E-state index in [1.165, 1.54) is 11.3 Å². The fourth-order valence-corrected chi connectivity index (χ4v) is 3.82. The Bertz CT molecular complexity index is 874. The topological polar surface area (TPSA) is 36.7 Å². The lowest BCUT2D eigenvalue weighted by atomic mass is 10.2. The van der Waals surface area contributed by atoms with E-state index >= 15 is 0 Å². The Morgan fingerprint density at radius 3 is 2.77 bits per heavy atom. The number of hydrogen-bond donors (Lipinski definition) is 0. The average molecular weight is 363 g/mol. The average Bonchev–Trinajstić information content (AvgIpc) is 3.16. The van der Waals surface area contributed by atoms with Crippen molar-refractivity contribution in [2.75, 3.05) is 0 Å². The highest BCUT2D eigenvalue weighted by Crippen LogP contribution is 2.33. The first-order chi connectivity index (χ1) is 10.7. The highest BCUT2D eigenvalue weighted by molar-refractivity contribution is 7.12. The quantitative estimate of drug-likeness (QED) is 0.516. The van der Waals surface area contributed by atoms with Crippen LogP contribution in [0.3, 0.4) is 0 Å². The number of thiophene rings is 1. The molecule has 0 bridgehead atoms. The standard InChI is InChI=1S/C16H8Cl2N2S2/c17-11-3-4-13(14(18)7-11)15-9-22-16(20-15)10(8-19)6-12-2-1-5-21-12/h1-7,9H. The maximum absolute atomic E-state index is 9.36. The molecule has 108 valence electrons. The van der Waals surface area contributed by atoms with Crippen molar-refractivity contribution in [1.29, 1.82) is 5.26 Å². The summed E-state index contributed by atoms with van der Waals surface area (Å²) >= 11 is 15.1. The van der Waals surface area contributed by atoms with Gasteiger partial charge in [-0.2, -0.15) is 5.26 Å². The SMILES string of the molecule is N#CC(=Cc1cccs1)c1nc(-c2ccc(Cl)cc2Cl)cs1. The summed E-state index contributed by atoms with van der Waals surface area (Å²) in [5.41, 5.74) is 2.10. The van der Waals surface area contributed by atoms with Crippen LogP contribution in [0.25, 0.3) is 22.9 Å². The number of allylic oxidation sites excluding steroid dienone is 1. The highest BCUT2D eigenvalue weighted by atomic mass is 35.5. The highest BCUT2D eigenvalue weighted by Gasteiger charge is 2.12. The lowest BCUT2D eigenvalue weighted by Crippen LogP contribution is -1.83. The van der Waals surface area contributed by atoms with Gasteiger partial charge in [0.25, 0.3) is 0 Å². The van der Waals surface area contributed by atoms with E-state index in [1.807, 2.05) is 35.0 Å².